The number of esters is 1. The maximum Gasteiger partial charge on any atom is 0.307 e. The van der Waals surface area contributed by atoms with E-state index in [0.29, 0.717) is 0 Å². The van der Waals surface area contributed by atoms with Crippen LogP contribution in [0.4, 0.5) is 0 Å². The molecule has 0 aliphatic rings. The number of hydrogen-bond donors (Lipinski definition) is 1. The number of benzene rings is 2. The molecule has 122 valence electrons. The highest BCUT2D eigenvalue weighted by Crippen LogP contribution is 2.38. The molecule has 0 fully saturated rings. The fraction of sp³-hybridized carbons (Fsp3) is 0.278. The molecule has 1 atom stereocenters. The molecule has 1 unspecified atom stereocenters. The van der Waals surface area contributed by atoms with Crippen molar-refractivity contribution in [3.05, 3.63) is 48.0 Å². The van der Waals surface area contributed by atoms with E-state index in [1.165, 1.54) is 7.11 Å². The monoisotopic (exact) mass is 315 g/mol. The van der Waals surface area contributed by atoms with Crippen LogP contribution in [0.15, 0.2) is 42.5 Å². The molecule has 0 amide bonds. The van der Waals surface area contributed by atoms with Crippen molar-refractivity contribution in [1.82, 2.24) is 0 Å². The zero-order chi connectivity index (χ0) is 16.8. The summed E-state index contributed by atoms with van der Waals surface area (Å²) in [5.74, 6) is 1.14. The minimum absolute atomic E-state index is 0.147. The van der Waals surface area contributed by atoms with E-state index >= 15 is 0 Å². The van der Waals surface area contributed by atoms with Gasteiger partial charge in [-0.25, -0.2) is 0 Å². The lowest BCUT2D eigenvalue weighted by molar-refractivity contribution is -0.141. The van der Waals surface area contributed by atoms with Crippen molar-refractivity contribution < 1.29 is 19.0 Å². The van der Waals surface area contributed by atoms with Crippen LogP contribution in [0.1, 0.15) is 18.0 Å². The summed E-state index contributed by atoms with van der Waals surface area (Å²) in [6.45, 7) is 0. The summed E-state index contributed by atoms with van der Waals surface area (Å²) in [6.07, 6.45) is 0.147. The third-order valence-corrected chi connectivity index (χ3v) is 3.67. The van der Waals surface area contributed by atoms with Gasteiger partial charge in [0.15, 0.2) is 0 Å². The molecule has 0 aliphatic carbocycles. The Kier molecular flexibility index (Phi) is 5.60. The molecule has 0 heterocycles. The summed E-state index contributed by atoms with van der Waals surface area (Å²) in [6, 6.07) is 12.9. The predicted molar refractivity (Wildman–Crippen MR) is 88.5 cm³/mol. The van der Waals surface area contributed by atoms with Crippen molar-refractivity contribution in [3.63, 3.8) is 0 Å². The summed E-state index contributed by atoms with van der Waals surface area (Å²) in [4.78, 5) is 11.3. The maximum atomic E-state index is 11.3. The Bertz CT molecular complexity index is 645. The zero-order valence-corrected chi connectivity index (χ0v) is 13.5. The highest BCUT2D eigenvalue weighted by molar-refractivity contribution is 5.77. The van der Waals surface area contributed by atoms with Crippen LogP contribution in [0.3, 0.4) is 0 Å². The van der Waals surface area contributed by atoms with Crippen LogP contribution in [-0.2, 0) is 9.53 Å². The highest BCUT2D eigenvalue weighted by Gasteiger charge is 2.15. The summed E-state index contributed by atoms with van der Waals surface area (Å²) in [7, 11) is 4.60. The quantitative estimate of drug-likeness (QED) is 0.830. The SMILES string of the molecule is COC(=O)CC(N)c1ccc(-c2c(OC)cccc2OC)cc1. The van der Waals surface area contributed by atoms with Gasteiger partial charge < -0.3 is 19.9 Å². The van der Waals surface area contributed by atoms with Gasteiger partial charge in [-0.15, -0.1) is 0 Å². The highest BCUT2D eigenvalue weighted by atomic mass is 16.5. The van der Waals surface area contributed by atoms with Gasteiger partial charge in [0.2, 0.25) is 0 Å². The van der Waals surface area contributed by atoms with E-state index in [4.69, 9.17) is 15.2 Å². The van der Waals surface area contributed by atoms with E-state index in [-0.39, 0.29) is 12.4 Å². The second kappa shape index (κ2) is 7.65. The minimum atomic E-state index is -0.393. The Morgan fingerprint density at radius 3 is 2.04 bits per heavy atom. The van der Waals surface area contributed by atoms with Crippen molar-refractivity contribution in [2.24, 2.45) is 5.73 Å². The molecule has 0 aromatic heterocycles. The third-order valence-electron chi connectivity index (χ3n) is 3.67. The standard InChI is InChI=1S/C18H21NO4/c1-21-15-5-4-6-16(22-2)18(15)13-9-7-12(8-10-13)14(19)11-17(20)23-3/h4-10,14H,11,19H2,1-3H3. The fourth-order valence-electron chi connectivity index (χ4n) is 2.41. The summed E-state index contributed by atoms with van der Waals surface area (Å²) in [5, 5.41) is 0. The van der Waals surface area contributed by atoms with Gasteiger partial charge in [-0.1, -0.05) is 30.3 Å². The van der Waals surface area contributed by atoms with E-state index < -0.39 is 6.04 Å². The van der Waals surface area contributed by atoms with Gasteiger partial charge in [0, 0.05) is 6.04 Å². The average Bonchev–Trinajstić information content (AvgIpc) is 2.60. The van der Waals surface area contributed by atoms with Gasteiger partial charge in [-0.05, 0) is 23.3 Å². The first-order valence-electron chi connectivity index (χ1n) is 7.24. The first-order valence-corrected chi connectivity index (χ1v) is 7.24. The molecule has 0 bridgehead atoms. The van der Waals surface area contributed by atoms with Crippen LogP contribution < -0.4 is 15.2 Å². The smallest absolute Gasteiger partial charge is 0.307 e. The second-order valence-corrected chi connectivity index (χ2v) is 5.05. The molecule has 2 aromatic carbocycles. The first-order chi connectivity index (χ1) is 11.1. The Hall–Kier alpha value is -2.53. The van der Waals surface area contributed by atoms with E-state index in [2.05, 4.69) is 4.74 Å². The topological polar surface area (TPSA) is 70.8 Å². The maximum absolute atomic E-state index is 11.3. The molecule has 5 heteroatoms. The number of ether oxygens (including phenoxy) is 3. The first kappa shape index (κ1) is 16.8. The summed E-state index contributed by atoms with van der Waals surface area (Å²) in [5.41, 5.74) is 8.72. The number of carbonyl (C=O) groups is 1. The van der Waals surface area contributed by atoms with Crippen LogP contribution >= 0.6 is 0 Å². The predicted octanol–water partition coefficient (Wildman–Crippen LogP) is 2.93. The minimum Gasteiger partial charge on any atom is -0.496 e. The Morgan fingerprint density at radius 1 is 1.00 bits per heavy atom. The summed E-state index contributed by atoms with van der Waals surface area (Å²) >= 11 is 0. The normalized spacial score (nSPS) is 11.7. The van der Waals surface area contributed by atoms with E-state index in [0.717, 1.165) is 28.2 Å². The van der Waals surface area contributed by atoms with Crippen molar-refractivity contribution in [2.45, 2.75) is 12.5 Å². The zero-order valence-electron chi connectivity index (χ0n) is 13.5. The van der Waals surface area contributed by atoms with Crippen molar-refractivity contribution in [1.29, 1.82) is 0 Å². The lowest BCUT2D eigenvalue weighted by atomic mass is 9.98. The van der Waals surface area contributed by atoms with Crippen molar-refractivity contribution in [3.8, 4) is 22.6 Å². The Labute approximate surface area is 136 Å². The van der Waals surface area contributed by atoms with Crippen LogP contribution in [0.25, 0.3) is 11.1 Å². The van der Waals surface area contributed by atoms with Crippen molar-refractivity contribution >= 4 is 5.97 Å². The largest absolute Gasteiger partial charge is 0.496 e. The Morgan fingerprint density at radius 2 is 1.57 bits per heavy atom. The van der Waals surface area contributed by atoms with Gasteiger partial charge in [0.05, 0.1) is 33.3 Å². The van der Waals surface area contributed by atoms with Crippen LogP contribution in [0.2, 0.25) is 0 Å². The Balaban J connectivity index is 2.32. The molecular formula is C18H21NO4. The van der Waals surface area contributed by atoms with E-state index in [1.54, 1.807) is 14.2 Å². The van der Waals surface area contributed by atoms with Crippen LogP contribution in [0, 0.1) is 0 Å². The molecule has 2 N–H and O–H groups in total. The molecule has 0 radical (unpaired) electrons. The lowest BCUT2D eigenvalue weighted by Crippen LogP contribution is -2.16. The lowest BCUT2D eigenvalue weighted by Gasteiger charge is -2.15. The molecule has 0 aliphatic heterocycles. The number of hydrogen-bond acceptors (Lipinski definition) is 5. The molecule has 0 saturated carbocycles. The van der Waals surface area contributed by atoms with Crippen LogP contribution in [0.5, 0.6) is 11.5 Å². The van der Waals surface area contributed by atoms with Gasteiger partial charge in [-0.3, -0.25) is 4.79 Å². The number of rotatable bonds is 6. The molecule has 0 saturated heterocycles. The number of methoxy groups -OCH3 is 3. The molecule has 23 heavy (non-hydrogen) atoms. The molecule has 2 rings (SSSR count). The molecular weight excluding hydrogens is 294 g/mol. The van der Waals surface area contributed by atoms with E-state index in [9.17, 15) is 4.79 Å². The van der Waals surface area contributed by atoms with Gasteiger partial charge in [0.25, 0.3) is 0 Å². The second-order valence-electron chi connectivity index (χ2n) is 5.05. The third kappa shape index (κ3) is 3.81. The van der Waals surface area contributed by atoms with E-state index in [1.807, 2.05) is 42.5 Å². The van der Waals surface area contributed by atoms with Gasteiger partial charge in [-0.2, -0.15) is 0 Å². The van der Waals surface area contributed by atoms with Gasteiger partial charge in [0.1, 0.15) is 11.5 Å². The summed E-state index contributed by atoms with van der Waals surface area (Å²) < 4.78 is 15.5. The fourth-order valence-corrected chi connectivity index (χ4v) is 2.41. The van der Waals surface area contributed by atoms with Crippen molar-refractivity contribution in [2.75, 3.05) is 21.3 Å². The molecule has 5 nitrogen and oxygen atoms in total. The molecule has 0 spiro atoms. The average molecular weight is 315 g/mol. The number of nitrogens with two attached hydrogens (primary N) is 1. The number of carbonyl (C=O) groups excluding carboxylic acids is 1. The molecule has 2 aromatic rings. The van der Waals surface area contributed by atoms with Gasteiger partial charge >= 0.3 is 5.97 Å². The van der Waals surface area contributed by atoms with Crippen LogP contribution in [-0.4, -0.2) is 27.3 Å².